The molecule has 0 aromatic heterocycles. The first-order valence-electron chi connectivity index (χ1n) is 4.71. The number of nitrogens with zero attached hydrogens (tertiary/aromatic N) is 1. The van der Waals surface area contributed by atoms with E-state index in [0.29, 0.717) is 0 Å². The van der Waals surface area contributed by atoms with Crippen molar-refractivity contribution < 1.29 is 4.39 Å². The molecular weight excluding hydrogens is 179 g/mol. The third-order valence-electron chi connectivity index (χ3n) is 2.18. The zero-order valence-corrected chi connectivity index (χ0v) is 8.92. The second-order valence-corrected chi connectivity index (χ2v) is 3.63. The fraction of sp³-hybridized carbons (Fsp3) is 0.455. The van der Waals surface area contributed by atoms with Crippen LogP contribution >= 0.6 is 0 Å². The molecule has 1 aromatic carbocycles. The van der Waals surface area contributed by atoms with Crippen molar-refractivity contribution in [1.82, 2.24) is 10.2 Å². The molecule has 0 spiro atoms. The molecule has 1 aromatic rings. The summed E-state index contributed by atoms with van der Waals surface area (Å²) in [5.74, 6) is -0.145. The van der Waals surface area contributed by atoms with Crippen molar-refractivity contribution >= 4 is 0 Å². The summed E-state index contributed by atoms with van der Waals surface area (Å²) in [5, 5.41) is 3.11. The normalized spacial score (nSPS) is 13.2. The lowest BCUT2D eigenvalue weighted by molar-refractivity contribution is 0.347. The fourth-order valence-electron chi connectivity index (χ4n) is 1.47. The molecule has 2 nitrogen and oxygen atoms in total. The molecule has 0 saturated heterocycles. The van der Waals surface area contributed by atoms with E-state index in [9.17, 15) is 4.39 Å². The smallest absolute Gasteiger partial charge is 0.128 e. The molecule has 0 saturated carbocycles. The number of benzene rings is 1. The highest BCUT2D eigenvalue weighted by atomic mass is 19.1. The van der Waals surface area contributed by atoms with Gasteiger partial charge in [0.1, 0.15) is 5.82 Å². The van der Waals surface area contributed by atoms with Crippen LogP contribution in [0.1, 0.15) is 11.6 Å². The second kappa shape index (κ2) is 5.08. The maximum Gasteiger partial charge on any atom is 0.128 e. The molecule has 0 fully saturated rings. The van der Waals surface area contributed by atoms with Crippen molar-refractivity contribution in [2.75, 3.05) is 27.7 Å². The number of likely N-dealkylation sites (N-methyl/N-ethyl adjacent to an activating group) is 2. The summed E-state index contributed by atoms with van der Waals surface area (Å²) in [4.78, 5) is 2.04. The largest absolute Gasteiger partial charge is 0.312 e. The predicted molar refractivity (Wildman–Crippen MR) is 56.8 cm³/mol. The molecule has 1 atom stereocenters. The third-order valence-corrected chi connectivity index (χ3v) is 2.18. The molecule has 0 bridgehead atoms. The van der Waals surface area contributed by atoms with Gasteiger partial charge in [0.15, 0.2) is 0 Å². The average Bonchev–Trinajstić information content (AvgIpc) is 2.15. The number of nitrogens with one attached hydrogen (secondary N) is 1. The van der Waals surface area contributed by atoms with Gasteiger partial charge in [0.2, 0.25) is 0 Å². The van der Waals surface area contributed by atoms with Crippen molar-refractivity contribution in [3.8, 4) is 0 Å². The lowest BCUT2D eigenvalue weighted by Gasteiger charge is -2.21. The average molecular weight is 196 g/mol. The van der Waals surface area contributed by atoms with E-state index in [1.54, 1.807) is 6.07 Å². The maximum absolute atomic E-state index is 13.4. The minimum Gasteiger partial charge on any atom is -0.312 e. The Balaban J connectivity index is 2.83. The summed E-state index contributed by atoms with van der Waals surface area (Å²) in [6.45, 7) is 0.789. The second-order valence-electron chi connectivity index (χ2n) is 3.63. The van der Waals surface area contributed by atoms with Gasteiger partial charge < -0.3 is 10.2 Å². The summed E-state index contributed by atoms with van der Waals surface area (Å²) in [6.07, 6.45) is 0. The minimum absolute atomic E-state index is 0.0474. The third kappa shape index (κ3) is 2.79. The molecule has 0 amide bonds. The van der Waals surface area contributed by atoms with Crippen molar-refractivity contribution in [2.45, 2.75) is 6.04 Å². The monoisotopic (exact) mass is 196 g/mol. The Bertz CT molecular complexity index is 286. The van der Waals surface area contributed by atoms with E-state index in [-0.39, 0.29) is 11.9 Å². The minimum atomic E-state index is -0.145. The van der Waals surface area contributed by atoms with Gasteiger partial charge in [0, 0.05) is 18.2 Å². The zero-order chi connectivity index (χ0) is 10.6. The maximum atomic E-state index is 13.4. The highest BCUT2D eigenvalue weighted by molar-refractivity contribution is 5.21. The first-order chi connectivity index (χ1) is 6.65. The van der Waals surface area contributed by atoms with Gasteiger partial charge in [0.05, 0.1) is 0 Å². The lowest BCUT2D eigenvalue weighted by atomic mass is 10.1. The van der Waals surface area contributed by atoms with Gasteiger partial charge in [-0.15, -0.1) is 0 Å². The topological polar surface area (TPSA) is 15.3 Å². The summed E-state index contributed by atoms with van der Waals surface area (Å²) in [7, 11) is 5.80. The Morgan fingerprint density at radius 3 is 2.50 bits per heavy atom. The molecule has 0 aliphatic carbocycles. The van der Waals surface area contributed by atoms with Crippen LogP contribution in [0.25, 0.3) is 0 Å². The highest BCUT2D eigenvalue weighted by Gasteiger charge is 2.13. The Kier molecular flexibility index (Phi) is 4.04. The highest BCUT2D eigenvalue weighted by Crippen LogP contribution is 2.16. The van der Waals surface area contributed by atoms with Crippen LogP contribution in [-0.2, 0) is 0 Å². The quantitative estimate of drug-likeness (QED) is 0.787. The van der Waals surface area contributed by atoms with Gasteiger partial charge in [-0.05, 0) is 27.2 Å². The first kappa shape index (κ1) is 11.1. The Morgan fingerprint density at radius 1 is 1.36 bits per heavy atom. The van der Waals surface area contributed by atoms with Gasteiger partial charge >= 0.3 is 0 Å². The molecule has 0 aliphatic heterocycles. The molecule has 0 heterocycles. The Hall–Kier alpha value is -0.930. The first-order valence-corrected chi connectivity index (χ1v) is 4.71. The molecule has 1 unspecified atom stereocenters. The van der Waals surface area contributed by atoms with Gasteiger partial charge in [-0.2, -0.15) is 0 Å². The molecule has 3 heteroatoms. The van der Waals surface area contributed by atoms with E-state index in [4.69, 9.17) is 0 Å². The summed E-state index contributed by atoms with van der Waals surface area (Å²) < 4.78 is 13.4. The van der Waals surface area contributed by atoms with Crippen molar-refractivity contribution in [3.63, 3.8) is 0 Å². The van der Waals surface area contributed by atoms with E-state index < -0.39 is 0 Å². The van der Waals surface area contributed by atoms with E-state index in [1.165, 1.54) is 6.07 Å². The van der Waals surface area contributed by atoms with Crippen LogP contribution in [0.2, 0.25) is 0 Å². The van der Waals surface area contributed by atoms with Crippen molar-refractivity contribution in [3.05, 3.63) is 35.6 Å². The summed E-state index contributed by atoms with van der Waals surface area (Å²) in [6, 6.07) is 6.93. The molecule has 14 heavy (non-hydrogen) atoms. The zero-order valence-electron chi connectivity index (χ0n) is 8.92. The number of hydrogen-bond acceptors (Lipinski definition) is 2. The SMILES string of the molecule is CNC(CN(C)C)c1ccccc1F. The van der Waals surface area contributed by atoms with E-state index in [0.717, 1.165) is 12.1 Å². The standard InChI is InChI=1S/C11H17FN2/c1-13-11(8-14(2)3)9-6-4-5-7-10(9)12/h4-7,11,13H,8H2,1-3H3. The van der Waals surface area contributed by atoms with Crippen molar-refractivity contribution in [1.29, 1.82) is 0 Å². The Morgan fingerprint density at radius 2 is 2.00 bits per heavy atom. The van der Waals surface area contributed by atoms with Crippen LogP contribution in [0, 0.1) is 5.82 Å². The van der Waals surface area contributed by atoms with Crippen LogP contribution in [0.4, 0.5) is 4.39 Å². The number of rotatable bonds is 4. The molecular formula is C11H17FN2. The van der Waals surface area contributed by atoms with E-state index in [1.807, 2.05) is 38.2 Å². The van der Waals surface area contributed by atoms with Gasteiger partial charge in [0.25, 0.3) is 0 Å². The molecule has 0 aliphatic rings. The van der Waals surface area contributed by atoms with E-state index in [2.05, 4.69) is 5.32 Å². The molecule has 1 N–H and O–H groups in total. The van der Waals surface area contributed by atoms with Gasteiger partial charge in [-0.25, -0.2) is 4.39 Å². The van der Waals surface area contributed by atoms with Crippen LogP contribution in [-0.4, -0.2) is 32.6 Å². The van der Waals surface area contributed by atoms with Crippen LogP contribution in [0.5, 0.6) is 0 Å². The lowest BCUT2D eigenvalue weighted by Crippen LogP contribution is -2.29. The van der Waals surface area contributed by atoms with Gasteiger partial charge in [-0.3, -0.25) is 0 Å². The predicted octanol–water partition coefficient (Wildman–Crippen LogP) is 1.65. The number of hydrogen-bond donors (Lipinski definition) is 1. The fourth-order valence-corrected chi connectivity index (χ4v) is 1.47. The molecule has 0 radical (unpaired) electrons. The van der Waals surface area contributed by atoms with Crippen molar-refractivity contribution in [2.24, 2.45) is 0 Å². The van der Waals surface area contributed by atoms with Crippen LogP contribution in [0.15, 0.2) is 24.3 Å². The van der Waals surface area contributed by atoms with Crippen LogP contribution < -0.4 is 5.32 Å². The van der Waals surface area contributed by atoms with Gasteiger partial charge in [-0.1, -0.05) is 18.2 Å². The summed E-state index contributed by atoms with van der Waals surface area (Å²) in [5.41, 5.74) is 0.726. The Labute approximate surface area is 84.7 Å². The van der Waals surface area contributed by atoms with Crippen LogP contribution in [0.3, 0.4) is 0 Å². The molecule has 1 rings (SSSR count). The molecule has 78 valence electrons. The summed E-state index contributed by atoms with van der Waals surface area (Å²) >= 11 is 0. The van der Waals surface area contributed by atoms with E-state index >= 15 is 0 Å². The number of halogens is 1.